The molecule has 0 radical (unpaired) electrons. The predicted molar refractivity (Wildman–Crippen MR) is 120 cm³/mol. The molecule has 8 nitrogen and oxygen atoms in total. The van der Waals surface area contributed by atoms with Gasteiger partial charge in [0.25, 0.3) is 0 Å². The van der Waals surface area contributed by atoms with Gasteiger partial charge in [-0.2, -0.15) is 11.8 Å². The van der Waals surface area contributed by atoms with Crippen molar-refractivity contribution in [2.45, 2.75) is 60.4 Å². The molecule has 176 valence electrons. The van der Waals surface area contributed by atoms with Gasteiger partial charge < -0.3 is 25.2 Å². The Hall–Kier alpha value is -1.32. The molecule has 9 heteroatoms. The quantitative estimate of drug-likeness (QED) is 0.329. The first kappa shape index (κ1) is 28.7. The second kappa shape index (κ2) is 14.6. The molecule has 0 aliphatic rings. The minimum absolute atomic E-state index is 0.00448. The molecule has 0 aromatic rings. The molecule has 30 heavy (non-hydrogen) atoms. The van der Waals surface area contributed by atoms with Crippen molar-refractivity contribution < 1.29 is 29.0 Å². The van der Waals surface area contributed by atoms with Crippen LogP contribution >= 0.6 is 11.8 Å². The van der Waals surface area contributed by atoms with Gasteiger partial charge >= 0.3 is 5.97 Å². The van der Waals surface area contributed by atoms with E-state index in [1.165, 1.54) is 11.8 Å². The number of rotatable bonds is 15. The average molecular weight is 449 g/mol. The number of amides is 2. The highest BCUT2D eigenvalue weighted by molar-refractivity contribution is 7.99. The average Bonchev–Trinajstić information content (AvgIpc) is 2.56. The molecule has 0 heterocycles. The number of carboxylic acid groups (broad SMARTS) is 1. The van der Waals surface area contributed by atoms with Crippen LogP contribution in [0.15, 0.2) is 0 Å². The predicted octanol–water partition coefficient (Wildman–Crippen LogP) is 2.31. The van der Waals surface area contributed by atoms with Crippen molar-refractivity contribution in [2.75, 3.05) is 44.5 Å². The normalized spacial score (nSPS) is 13.0. The molecule has 1 atom stereocenters. The monoisotopic (exact) mass is 448 g/mol. The zero-order valence-electron chi connectivity index (χ0n) is 19.3. The standard InChI is InChI=1S/C21H40N2O6S/c1-20(2,3)13-18(25)22-8-10-29-12-11-28-9-7-17(24)23-16(19(26)27)14-30-15-21(4,5)6/h16H,7-15H2,1-6H3,(H,22,25)(H,23,24)(H,26,27)/t16-/m0/s1. The maximum atomic E-state index is 11.9. The van der Waals surface area contributed by atoms with E-state index in [-0.39, 0.29) is 35.7 Å². The molecule has 0 aromatic carbocycles. The Morgan fingerprint density at radius 3 is 2.03 bits per heavy atom. The molecule has 0 spiro atoms. The fourth-order valence-electron chi connectivity index (χ4n) is 2.22. The van der Waals surface area contributed by atoms with Gasteiger partial charge in [0.15, 0.2) is 0 Å². The Morgan fingerprint density at radius 1 is 0.900 bits per heavy atom. The number of hydrogen-bond donors (Lipinski definition) is 3. The number of nitrogens with one attached hydrogen (secondary N) is 2. The largest absolute Gasteiger partial charge is 0.480 e. The zero-order valence-corrected chi connectivity index (χ0v) is 20.2. The molecule has 0 saturated heterocycles. The molecular formula is C21H40N2O6S. The summed E-state index contributed by atoms with van der Waals surface area (Å²) in [5.41, 5.74) is 0.0620. The molecular weight excluding hydrogens is 408 g/mol. The summed E-state index contributed by atoms with van der Waals surface area (Å²) < 4.78 is 10.7. The molecule has 0 aliphatic heterocycles. The van der Waals surface area contributed by atoms with E-state index in [0.29, 0.717) is 38.5 Å². The highest BCUT2D eigenvalue weighted by Crippen LogP contribution is 2.21. The second-order valence-corrected chi connectivity index (χ2v) is 10.6. The Kier molecular flexibility index (Phi) is 14.0. The Balaban J connectivity index is 3.76. The van der Waals surface area contributed by atoms with E-state index in [1.807, 2.05) is 20.8 Å². The first-order chi connectivity index (χ1) is 13.8. The van der Waals surface area contributed by atoms with Gasteiger partial charge in [-0.1, -0.05) is 41.5 Å². The molecule has 0 saturated carbocycles. The number of aliphatic carboxylic acids is 1. The van der Waals surface area contributed by atoms with E-state index >= 15 is 0 Å². The number of hydrogen-bond acceptors (Lipinski definition) is 6. The lowest BCUT2D eigenvalue weighted by Gasteiger charge is -2.19. The molecule has 3 N–H and O–H groups in total. The zero-order chi connectivity index (χ0) is 23.2. The maximum Gasteiger partial charge on any atom is 0.327 e. The number of thioether (sulfide) groups is 1. The summed E-state index contributed by atoms with van der Waals surface area (Å²) >= 11 is 1.51. The van der Waals surface area contributed by atoms with Crippen LogP contribution in [0.2, 0.25) is 0 Å². The summed E-state index contributed by atoms with van der Waals surface area (Å²) in [5, 5.41) is 14.6. The van der Waals surface area contributed by atoms with Crippen LogP contribution in [-0.4, -0.2) is 73.4 Å². The first-order valence-corrected chi connectivity index (χ1v) is 11.5. The van der Waals surface area contributed by atoms with Crippen molar-refractivity contribution in [3.8, 4) is 0 Å². The van der Waals surface area contributed by atoms with Gasteiger partial charge in [-0.3, -0.25) is 9.59 Å². The van der Waals surface area contributed by atoms with E-state index in [9.17, 15) is 19.5 Å². The maximum absolute atomic E-state index is 11.9. The summed E-state index contributed by atoms with van der Waals surface area (Å²) in [6.07, 6.45) is 0.562. The van der Waals surface area contributed by atoms with E-state index in [1.54, 1.807) is 0 Å². The summed E-state index contributed by atoms with van der Waals surface area (Å²) in [5.74, 6) is -0.227. The minimum Gasteiger partial charge on any atom is -0.480 e. The van der Waals surface area contributed by atoms with Crippen LogP contribution in [0.1, 0.15) is 54.4 Å². The van der Waals surface area contributed by atoms with E-state index in [4.69, 9.17) is 9.47 Å². The number of ether oxygens (including phenoxy) is 2. The summed E-state index contributed by atoms with van der Waals surface area (Å²) in [7, 11) is 0. The van der Waals surface area contributed by atoms with Crippen molar-refractivity contribution in [3.05, 3.63) is 0 Å². The van der Waals surface area contributed by atoms with Crippen LogP contribution in [0, 0.1) is 10.8 Å². The summed E-state index contributed by atoms with van der Waals surface area (Å²) in [6.45, 7) is 14.0. The molecule has 0 aromatic heterocycles. The lowest BCUT2D eigenvalue weighted by atomic mass is 9.92. The van der Waals surface area contributed by atoms with Crippen LogP contribution in [0.25, 0.3) is 0 Å². The van der Waals surface area contributed by atoms with Crippen molar-refractivity contribution in [1.29, 1.82) is 0 Å². The van der Waals surface area contributed by atoms with E-state index < -0.39 is 12.0 Å². The van der Waals surface area contributed by atoms with Crippen LogP contribution in [0.4, 0.5) is 0 Å². The highest BCUT2D eigenvalue weighted by Gasteiger charge is 2.21. The smallest absolute Gasteiger partial charge is 0.327 e. The van der Waals surface area contributed by atoms with Crippen molar-refractivity contribution in [1.82, 2.24) is 10.6 Å². The van der Waals surface area contributed by atoms with E-state index in [0.717, 1.165) is 5.75 Å². The van der Waals surface area contributed by atoms with Crippen LogP contribution in [-0.2, 0) is 23.9 Å². The molecule has 0 unspecified atom stereocenters. The minimum atomic E-state index is -1.03. The van der Waals surface area contributed by atoms with Gasteiger partial charge in [0.05, 0.1) is 26.4 Å². The van der Waals surface area contributed by atoms with Crippen LogP contribution in [0.5, 0.6) is 0 Å². The Labute approximate surface area is 185 Å². The van der Waals surface area contributed by atoms with Crippen LogP contribution < -0.4 is 10.6 Å². The van der Waals surface area contributed by atoms with Gasteiger partial charge in [-0.05, 0) is 16.6 Å². The third-order valence-electron chi connectivity index (χ3n) is 3.56. The summed E-state index contributed by atoms with van der Waals surface area (Å²) in [6, 6.07) is -0.901. The molecule has 0 rings (SSSR count). The second-order valence-electron chi connectivity index (χ2n) is 9.60. The Bertz CT molecular complexity index is 529. The first-order valence-electron chi connectivity index (χ1n) is 10.3. The third kappa shape index (κ3) is 18.7. The lowest BCUT2D eigenvalue weighted by Crippen LogP contribution is -2.43. The molecule has 0 bridgehead atoms. The van der Waals surface area contributed by atoms with Crippen molar-refractivity contribution in [3.63, 3.8) is 0 Å². The van der Waals surface area contributed by atoms with Crippen molar-refractivity contribution in [2.24, 2.45) is 10.8 Å². The van der Waals surface area contributed by atoms with Gasteiger partial charge in [0, 0.05) is 25.1 Å². The van der Waals surface area contributed by atoms with Crippen LogP contribution in [0.3, 0.4) is 0 Å². The lowest BCUT2D eigenvalue weighted by molar-refractivity contribution is -0.141. The molecule has 0 fully saturated rings. The van der Waals surface area contributed by atoms with Gasteiger partial charge in [-0.25, -0.2) is 4.79 Å². The molecule has 0 aliphatic carbocycles. The molecule has 2 amide bonds. The third-order valence-corrected chi connectivity index (χ3v) is 5.20. The fourth-order valence-corrected chi connectivity index (χ4v) is 3.41. The number of carbonyl (C=O) groups excluding carboxylic acids is 2. The van der Waals surface area contributed by atoms with Gasteiger partial charge in [0.2, 0.25) is 11.8 Å². The van der Waals surface area contributed by atoms with E-state index in [2.05, 4.69) is 31.4 Å². The number of carbonyl (C=O) groups is 3. The van der Waals surface area contributed by atoms with Gasteiger partial charge in [0.1, 0.15) is 6.04 Å². The Morgan fingerprint density at radius 2 is 1.50 bits per heavy atom. The van der Waals surface area contributed by atoms with Crippen molar-refractivity contribution >= 4 is 29.5 Å². The topological polar surface area (TPSA) is 114 Å². The number of carboxylic acids is 1. The SMILES string of the molecule is CC(C)(C)CSC[C@H](NC(=O)CCOCCOCCNC(=O)CC(C)(C)C)C(=O)O. The highest BCUT2D eigenvalue weighted by atomic mass is 32.2. The van der Waals surface area contributed by atoms with Gasteiger partial charge in [-0.15, -0.1) is 0 Å². The fraction of sp³-hybridized carbons (Fsp3) is 0.857. The summed E-state index contributed by atoms with van der Waals surface area (Å²) in [4.78, 5) is 34.9.